The molecule has 17 nitrogen and oxygen atoms in total. The minimum atomic E-state index is -2.47. The van der Waals surface area contributed by atoms with Gasteiger partial charge in [0.05, 0.1) is 29.5 Å². The van der Waals surface area contributed by atoms with Crippen LogP contribution >= 0.6 is 23.2 Å². The van der Waals surface area contributed by atoms with Crippen LogP contribution in [0.2, 0.25) is 0 Å². The molecule has 6 rings (SSSR count). The van der Waals surface area contributed by atoms with Crippen LogP contribution in [-0.2, 0) is 47.5 Å². The van der Waals surface area contributed by atoms with Crippen LogP contribution in [-0.4, -0.2) is 123 Å². The van der Waals surface area contributed by atoms with E-state index in [9.17, 15) is 39.3 Å². The molecule has 1 saturated heterocycles. The number of rotatable bonds is 11. The van der Waals surface area contributed by atoms with Crippen molar-refractivity contribution >= 4 is 59.1 Å². The number of esters is 3. The lowest BCUT2D eigenvalue weighted by molar-refractivity contribution is -0.346. The predicted octanol–water partition coefficient (Wildman–Crippen LogP) is 5.22. The van der Waals surface area contributed by atoms with Gasteiger partial charge in [0, 0.05) is 25.2 Å². The molecule has 2 aromatic rings. The van der Waals surface area contributed by atoms with E-state index in [0.29, 0.717) is 5.56 Å². The highest BCUT2D eigenvalue weighted by molar-refractivity contribution is 6.44. The summed E-state index contributed by atoms with van der Waals surface area (Å²) in [5, 5.41) is 40.4. The first-order valence-corrected chi connectivity index (χ1v) is 21.9. The number of benzene rings is 2. The first kappa shape index (κ1) is 49.6. The fourth-order valence-corrected chi connectivity index (χ4v) is 10.1. The van der Waals surface area contributed by atoms with Crippen molar-refractivity contribution in [2.24, 2.45) is 16.7 Å². The maximum Gasteiger partial charge on any atom is 0.508 e. The molecule has 0 radical (unpaired) electrons. The van der Waals surface area contributed by atoms with Gasteiger partial charge >= 0.3 is 30.2 Å². The number of fused-ring (bicyclic) bond motifs is 5. The van der Waals surface area contributed by atoms with Crippen molar-refractivity contribution < 1.29 is 77.2 Å². The van der Waals surface area contributed by atoms with Crippen LogP contribution in [0.1, 0.15) is 90.2 Å². The van der Waals surface area contributed by atoms with Gasteiger partial charge in [-0.05, 0) is 63.5 Å². The number of ketones is 1. The second-order valence-corrected chi connectivity index (χ2v) is 19.9. The number of carbonyl (C=O) groups excluding carboxylic acids is 6. The monoisotopic (exact) mass is 947 g/mol. The van der Waals surface area contributed by atoms with Gasteiger partial charge in [0.25, 0.3) is 0 Å². The molecule has 3 aliphatic carbocycles. The van der Waals surface area contributed by atoms with Gasteiger partial charge in [-0.2, -0.15) is 0 Å². The van der Waals surface area contributed by atoms with Gasteiger partial charge in [-0.15, -0.1) is 23.2 Å². The summed E-state index contributed by atoms with van der Waals surface area (Å²) in [5.74, 6) is -5.78. The summed E-state index contributed by atoms with van der Waals surface area (Å²) in [6.45, 7) is 11.0. The maximum absolute atomic E-state index is 15.5. The summed E-state index contributed by atoms with van der Waals surface area (Å²) in [4.78, 5) is 82.3. The van der Waals surface area contributed by atoms with Crippen LogP contribution < -0.4 is 5.32 Å². The third-order valence-corrected chi connectivity index (χ3v) is 13.4. The first-order chi connectivity index (χ1) is 30.3. The number of ether oxygens (including phenoxy) is 7. The van der Waals surface area contributed by atoms with E-state index in [4.69, 9.17) is 56.4 Å². The van der Waals surface area contributed by atoms with E-state index in [1.165, 1.54) is 39.8 Å². The van der Waals surface area contributed by atoms with Crippen LogP contribution in [0, 0.1) is 16.7 Å². The number of alkyl halides is 2. The quantitative estimate of drug-likeness (QED) is 0.0977. The number of aliphatic hydroxyl groups is 3. The zero-order chi connectivity index (χ0) is 48.0. The first-order valence-electron chi connectivity index (χ1n) is 21.1. The van der Waals surface area contributed by atoms with Gasteiger partial charge in [-0.1, -0.05) is 62.4 Å². The molecule has 0 spiro atoms. The van der Waals surface area contributed by atoms with Crippen LogP contribution in [0.3, 0.4) is 0 Å². The van der Waals surface area contributed by atoms with E-state index in [1.54, 1.807) is 69.3 Å². The molecule has 1 aliphatic heterocycles. The predicted molar refractivity (Wildman–Crippen MR) is 229 cm³/mol. The Bertz CT molecular complexity index is 2200. The molecule has 3 fully saturated rings. The lowest BCUT2D eigenvalue weighted by atomic mass is 9.44. The summed E-state index contributed by atoms with van der Waals surface area (Å²) in [5.41, 5.74) is -8.91. The molecular formula is C46H55Cl2NO16. The fourth-order valence-electron chi connectivity index (χ4n) is 9.99. The van der Waals surface area contributed by atoms with Gasteiger partial charge < -0.3 is 53.8 Å². The van der Waals surface area contributed by atoms with E-state index in [2.05, 4.69) is 5.32 Å². The molecule has 2 bridgehead atoms. The van der Waals surface area contributed by atoms with Crippen LogP contribution in [0.25, 0.3) is 0 Å². The number of hydrogen-bond acceptors (Lipinski definition) is 16. The van der Waals surface area contributed by atoms with Crippen LogP contribution in [0.5, 0.6) is 0 Å². The van der Waals surface area contributed by atoms with Gasteiger partial charge in [-0.25, -0.2) is 19.2 Å². The highest BCUT2D eigenvalue weighted by Crippen LogP contribution is 2.64. The lowest BCUT2D eigenvalue weighted by Gasteiger charge is -2.67. The summed E-state index contributed by atoms with van der Waals surface area (Å²) < 4.78 is 40.8. The average molecular weight is 949 g/mol. The number of nitrogens with one attached hydrogen (secondary N) is 1. The molecular weight excluding hydrogens is 893 g/mol. The van der Waals surface area contributed by atoms with Crippen molar-refractivity contribution in [2.75, 3.05) is 13.2 Å². The third kappa shape index (κ3) is 9.32. The Hall–Kier alpha value is -4.78. The number of alkyl carbamates (subject to hydrolysis) is 1. The van der Waals surface area contributed by atoms with Crippen molar-refractivity contribution in [2.45, 2.75) is 133 Å². The zero-order valence-electron chi connectivity index (χ0n) is 37.2. The van der Waals surface area contributed by atoms with Gasteiger partial charge in [-0.3, -0.25) is 9.59 Å². The molecule has 4 N–H and O–H groups in total. The van der Waals surface area contributed by atoms with Crippen LogP contribution in [0.4, 0.5) is 9.59 Å². The largest absolute Gasteiger partial charge is 0.508 e. The van der Waals surface area contributed by atoms with Crippen molar-refractivity contribution in [3.8, 4) is 0 Å². The third-order valence-electron chi connectivity index (χ3n) is 13.1. The summed E-state index contributed by atoms with van der Waals surface area (Å²) in [6.07, 6.45) is -13.6. The molecule has 19 heteroatoms. The van der Waals surface area contributed by atoms with E-state index >= 15 is 4.79 Å². The molecule has 354 valence electrons. The van der Waals surface area contributed by atoms with E-state index in [1.807, 2.05) is 0 Å². The number of hydrogen-bond donors (Lipinski definition) is 4. The Morgan fingerprint density at radius 1 is 0.954 bits per heavy atom. The molecule has 65 heavy (non-hydrogen) atoms. The topological polar surface area (TPSA) is 240 Å². The SMILES string of the molecule is CC(=O)O[C@@]12CO[C@@H]1C[C@H](OC(=O)OCC(Cl)Cl)[C@@]1(C)C(=O)[C@H](O)C3=C(C)[C@@H](OC(=O)C(O)[C@@H](NC(=O)OC(C)(C)C)c4ccccc4)C[C@@](O)([C@@H](OC(=O)c4ccccc4)C12)C3(C)C. The van der Waals surface area contributed by atoms with E-state index in [-0.39, 0.29) is 29.7 Å². The smallest absolute Gasteiger partial charge is 0.456 e. The number of carbonyl (C=O) groups is 6. The highest BCUT2D eigenvalue weighted by Gasteiger charge is 2.79. The fraction of sp³-hybridized carbons (Fsp3) is 0.565. The number of halogens is 2. The molecule has 1 amide bonds. The average Bonchev–Trinajstić information content (AvgIpc) is 3.22. The Balaban J connectivity index is 1.52. The van der Waals surface area contributed by atoms with E-state index < -0.39 is 130 Å². The summed E-state index contributed by atoms with van der Waals surface area (Å²) >= 11 is 11.6. The molecule has 2 saturated carbocycles. The summed E-state index contributed by atoms with van der Waals surface area (Å²) in [6, 6.07) is 14.3. The Labute approximate surface area is 385 Å². The van der Waals surface area contributed by atoms with Crippen molar-refractivity contribution in [3.05, 3.63) is 82.9 Å². The zero-order valence-corrected chi connectivity index (χ0v) is 38.7. The summed E-state index contributed by atoms with van der Waals surface area (Å²) in [7, 11) is 0. The molecule has 0 aromatic heterocycles. The highest BCUT2D eigenvalue weighted by atomic mass is 35.5. The van der Waals surface area contributed by atoms with Gasteiger partial charge in [0.1, 0.15) is 53.2 Å². The number of amides is 1. The Morgan fingerprint density at radius 3 is 2.12 bits per heavy atom. The second kappa shape index (κ2) is 18.5. The molecule has 2 unspecified atom stereocenters. The molecule has 4 aliphatic rings. The van der Waals surface area contributed by atoms with Gasteiger partial charge in [0.2, 0.25) is 0 Å². The molecule has 11 atom stereocenters. The Kier molecular flexibility index (Phi) is 14.1. The number of Topliss-reactive ketones (excluding diaryl/α,β-unsaturated/α-hetero) is 1. The van der Waals surface area contributed by atoms with E-state index in [0.717, 1.165) is 6.92 Å². The van der Waals surface area contributed by atoms with Crippen LogP contribution in [0.15, 0.2) is 71.8 Å². The standard InChI is InChI=1S/C46H55Cl2NO16/c1-23-27(61-39(55)34(52)32(25-15-11-9-12-16-25)49-40(56)65-42(3,4)5)20-46(58)37(63-38(54)26-17-13-10-14-18-26)35-44(8,36(53)33(51)31(23)43(46,6)7)28(62-41(57)59-21-30(47)48)19-29-45(35,22-60-29)64-24(2)50/h9-18,27-30,32-35,37,51-52,58H,19-22H2,1-8H3,(H,49,56)/t27-,28-,29+,32-,33+,34?,35?,37-,44+,45-,46+/m0/s1. The minimum Gasteiger partial charge on any atom is -0.456 e. The maximum atomic E-state index is 15.5. The molecule has 2 aromatic carbocycles. The van der Waals surface area contributed by atoms with Crippen molar-refractivity contribution in [3.63, 3.8) is 0 Å². The normalized spacial score (nSPS) is 31.3. The minimum absolute atomic E-state index is 0.0224. The molecule has 1 heterocycles. The second-order valence-electron chi connectivity index (χ2n) is 18.6. The number of aliphatic hydroxyl groups excluding tert-OH is 2. The Morgan fingerprint density at radius 2 is 1.57 bits per heavy atom. The van der Waals surface area contributed by atoms with Crippen molar-refractivity contribution in [1.82, 2.24) is 5.32 Å². The van der Waals surface area contributed by atoms with Gasteiger partial charge in [0.15, 0.2) is 17.5 Å². The lowest BCUT2D eigenvalue weighted by Crippen LogP contribution is -2.82. The van der Waals surface area contributed by atoms with Crippen molar-refractivity contribution in [1.29, 1.82) is 0 Å².